The average Bonchev–Trinajstić information content (AvgIpc) is 3.37. The second kappa shape index (κ2) is 13.0. The molecule has 0 saturated heterocycles. The van der Waals surface area contributed by atoms with Crippen LogP contribution in [-0.2, 0) is 27.4 Å². The minimum atomic E-state index is -4.45. The van der Waals surface area contributed by atoms with Gasteiger partial charge in [0.15, 0.2) is 9.84 Å². The number of hydrogen-bond donors (Lipinski definition) is 2. The van der Waals surface area contributed by atoms with Crippen LogP contribution in [0.4, 0.5) is 13.2 Å². The smallest absolute Gasteiger partial charge is 0.416 e. The Morgan fingerprint density at radius 2 is 1.67 bits per heavy atom. The van der Waals surface area contributed by atoms with Crippen LogP contribution in [0.2, 0.25) is 0 Å². The minimum absolute atomic E-state index is 0.0378. The van der Waals surface area contributed by atoms with Gasteiger partial charge in [-0.2, -0.15) is 13.2 Å². The van der Waals surface area contributed by atoms with Crippen molar-refractivity contribution in [3.05, 3.63) is 94.4 Å². The first-order valence-corrected chi connectivity index (χ1v) is 15.1. The van der Waals surface area contributed by atoms with Gasteiger partial charge in [0, 0.05) is 18.2 Å². The molecule has 0 aliphatic carbocycles. The van der Waals surface area contributed by atoms with Crippen LogP contribution in [0.15, 0.2) is 77.7 Å². The third-order valence-electron chi connectivity index (χ3n) is 6.27. The largest absolute Gasteiger partial charge is 0.431 e. The molecule has 1 atom stereocenters. The maximum atomic E-state index is 12.9. The van der Waals surface area contributed by atoms with E-state index >= 15 is 0 Å². The highest BCUT2D eigenvalue weighted by molar-refractivity contribution is 7.91. The monoisotopic (exact) mass is 620 g/mol. The molecule has 42 heavy (non-hydrogen) atoms. The number of thiazole rings is 1. The second-order valence-corrected chi connectivity index (χ2v) is 12.4. The lowest BCUT2D eigenvalue weighted by Crippen LogP contribution is -2.30. The van der Waals surface area contributed by atoms with Crippen molar-refractivity contribution >= 4 is 27.1 Å². The maximum absolute atomic E-state index is 12.9. The van der Waals surface area contributed by atoms with E-state index in [9.17, 15) is 31.5 Å². The zero-order valence-electron chi connectivity index (χ0n) is 22.5. The van der Waals surface area contributed by atoms with Crippen LogP contribution >= 0.6 is 11.3 Å². The Hall–Kier alpha value is -3.78. The Kier molecular flexibility index (Phi) is 9.67. The van der Waals surface area contributed by atoms with E-state index in [-0.39, 0.29) is 28.2 Å². The van der Waals surface area contributed by atoms with Crippen LogP contribution in [0.3, 0.4) is 0 Å². The number of halogens is 3. The highest BCUT2D eigenvalue weighted by Crippen LogP contribution is 2.37. The number of amides is 1. The van der Waals surface area contributed by atoms with Gasteiger partial charge in [0.05, 0.1) is 46.0 Å². The number of methoxy groups -OCH3 is 1. The van der Waals surface area contributed by atoms with Crippen molar-refractivity contribution in [3.8, 4) is 22.2 Å². The number of alkyl halides is 3. The van der Waals surface area contributed by atoms with Gasteiger partial charge in [-0.15, -0.1) is 0 Å². The molecule has 1 amide bonds. The van der Waals surface area contributed by atoms with Gasteiger partial charge < -0.3 is 19.9 Å². The number of carbonyl (C=O) groups is 1. The van der Waals surface area contributed by atoms with E-state index in [1.165, 1.54) is 42.7 Å². The van der Waals surface area contributed by atoms with Gasteiger partial charge in [-0.25, -0.2) is 13.4 Å². The first-order chi connectivity index (χ1) is 19.9. The molecule has 1 heterocycles. The van der Waals surface area contributed by atoms with Crippen molar-refractivity contribution < 1.29 is 41.0 Å². The Morgan fingerprint density at radius 1 is 1.02 bits per heavy atom. The molecule has 0 radical (unpaired) electrons. The lowest BCUT2D eigenvalue weighted by atomic mass is 10.1. The molecule has 0 aliphatic heterocycles. The van der Waals surface area contributed by atoms with E-state index in [2.05, 4.69) is 10.3 Å². The number of sulfone groups is 1. The molecular weight excluding hydrogens is 593 g/mol. The highest BCUT2D eigenvalue weighted by atomic mass is 32.2. The fraction of sp³-hybridized carbons (Fsp3) is 0.241. The number of aliphatic hydroxyl groups is 1. The molecule has 0 saturated carbocycles. The molecular formula is C29H27F3N2O6S2. The predicted octanol–water partition coefficient (Wildman–Crippen LogP) is 6.02. The molecule has 0 bridgehead atoms. The number of benzene rings is 3. The molecule has 0 unspecified atom stereocenters. The molecule has 13 heteroatoms. The number of nitrogens with zero attached hydrogens (tertiary/aromatic N) is 1. The van der Waals surface area contributed by atoms with Gasteiger partial charge in [-0.3, -0.25) is 4.79 Å². The third kappa shape index (κ3) is 7.34. The van der Waals surface area contributed by atoms with E-state index in [0.29, 0.717) is 27.3 Å². The summed E-state index contributed by atoms with van der Waals surface area (Å²) in [6.07, 6.45) is -4.45. The first-order valence-electron chi connectivity index (χ1n) is 12.6. The number of rotatable bonds is 11. The number of aliphatic hydroxyl groups excluding tert-OH is 1. The Morgan fingerprint density at radius 3 is 2.21 bits per heavy atom. The third-order valence-corrected chi connectivity index (χ3v) is 8.93. The van der Waals surface area contributed by atoms with Gasteiger partial charge in [-0.05, 0) is 54.1 Å². The van der Waals surface area contributed by atoms with Gasteiger partial charge >= 0.3 is 6.18 Å². The van der Waals surface area contributed by atoms with Crippen LogP contribution in [0.1, 0.15) is 39.3 Å². The summed E-state index contributed by atoms with van der Waals surface area (Å²) in [6, 6.07) is 16.1. The average molecular weight is 621 g/mol. The van der Waals surface area contributed by atoms with Gasteiger partial charge in [0.25, 0.3) is 11.1 Å². The van der Waals surface area contributed by atoms with E-state index in [1.54, 1.807) is 43.3 Å². The predicted molar refractivity (Wildman–Crippen MR) is 151 cm³/mol. The Balaban J connectivity index is 1.48. The van der Waals surface area contributed by atoms with E-state index in [0.717, 1.165) is 12.1 Å². The number of ether oxygens (including phenoxy) is 2. The molecule has 8 nitrogen and oxygen atoms in total. The zero-order chi connectivity index (χ0) is 30.5. The van der Waals surface area contributed by atoms with Gasteiger partial charge in [0.1, 0.15) is 5.75 Å². The van der Waals surface area contributed by atoms with Crippen LogP contribution < -0.4 is 10.1 Å². The number of nitrogens with one attached hydrogen (secondary N) is 1. The van der Waals surface area contributed by atoms with Crippen LogP contribution in [0.25, 0.3) is 11.3 Å². The van der Waals surface area contributed by atoms with Crippen LogP contribution in [0.5, 0.6) is 10.9 Å². The number of aromatic nitrogens is 1. The van der Waals surface area contributed by atoms with Crippen molar-refractivity contribution in [1.29, 1.82) is 0 Å². The minimum Gasteiger partial charge on any atom is -0.431 e. The fourth-order valence-corrected chi connectivity index (χ4v) is 5.78. The second-order valence-electron chi connectivity index (χ2n) is 9.07. The van der Waals surface area contributed by atoms with Crippen molar-refractivity contribution in [2.24, 2.45) is 0 Å². The summed E-state index contributed by atoms with van der Waals surface area (Å²) >= 11 is 1.18. The standard InChI is InChI=1S/C29H27F3N2O6S2/c1-3-42(37,38)23-14-8-18(9-15-23)24(16-35)33-27(36)20-6-4-19(5-7-20)26-25(17-39-2)41-28(34-26)40-22-12-10-21(11-13-22)29(30,31)32/h4-15,24,35H,3,16-17H2,1-2H3,(H,33,36)/t24-/m0/s1. The first kappa shape index (κ1) is 31.2. The molecule has 3 aromatic carbocycles. The van der Waals surface area contributed by atoms with Crippen molar-refractivity contribution in [1.82, 2.24) is 10.3 Å². The summed E-state index contributed by atoms with van der Waals surface area (Å²) in [4.78, 5) is 18.3. The number of carbonyl (C=O) groups excluding carboxylic acids is 1. The van der Waals surface area contributed by atoms with Gasteiger partial charge in [0.2, 0.25) is 0 Å². The molecule has 1 aromatic heterocycles. The molecule has 4 aromatic rings. The van der Waals surface area contributed by atoms with E-state index < -0.39 is 40.1 Å². The summed E-state index contributed by atoms with van der Waals surface area (Å²) < 4.78 is 73.6. The van der Waals surface area contributed by atoms with E-state index in [1.807, 2.05) is 0 Å². The molecule has 0 fully saturated rings. The van der Waals surface area contributed by atoms with Crippen molar-refractivity contribution in [3.63, 3.8) is 0 Å². The molecule has 4 rings (SSSR count). The lowest BCUT2D eigenvalue weighted by Gasteiger charge is -2.17. The van der Waals surface area contributed by atoms with Crippen molar-refractivity contribution in [2.45, 2.75) is 30.6 Å². The fourth-order valence-electron chi connectivity index (χ4n) is 3.97. The zero-order valence-corrected chi connectivity index (χ0v) is 24.1. The molecule has 2 N–H and O–H groups in total. The summed E-state index contributed by atoms with van der Waals surface area (Å²) in [5.41, 5.74) is 1.26. The molecule has 222 valence electrons. The van der Waals surface area contributed by atoms with E-state index in [4.69, 9.17) is 9.47 Å². The summed E-state index contributed by atoms with van der Waals surface area (Å²) in [5, 5.41) is 12.8. The van der Waals surface area contributed by atoms with Crippen LogP contribution in [0, 0.1) is 0 Å². The quantitative estimate of drug-likeness (QED) is 0.211. The van der Waals surface area contributed by atoms with Crippen LogP contribution in [-0.4, -0.2) is 43.9 Å². The topological polar surface area (TPSA) is 115 Å². The Labute approximate surface area is 244 Å². The number of hydrogen-bond acceptors (Lipinski definition) is 8. The molecule has 0 aliphatic rings. The summed E-state index contributed by atoms with van der Waals surface area (Å²) in [7, 11) is -1.86. The SMILES string of the molecule is CCS(=O)(=O)c1ccc([C@H](CO)NC(=O)c2ccc(-c3nc(Oc4ccc(C(F)(F)F)cc4)sc3COC)cc2)cc1. The van der Waals surface area contributed by atoms with Crippen molar-refractivity contribution in [2.75, 3.05) is 19.5 Å². The maximum Gasteiger partial charge on any atom is 0.416 e. The summed E-state index contributed by atoms with van der Waals surface area (Å²) in [6.45, 7) is 1.36. The normalized spacial score (nSPS) is 12.6. The Bertz CT molecular complexity index is 1620. The highest BCUT2D eigenvalue weighted by Gasteiger charge is 2.30. The molecule has 0 spiro atoms. The summed E-state index contributed by atoms with van der Waals surface area (Å²) in [5.74, 6) is -0.295. The lowest BCUT2D eigenvalue weighted by molar-refractivity contribution is -0.137. The van der Waals surface area contributed by atoms with Gasteiger partial charge in [-0.1, -0.05) is 42.5 Å².